The fourth-order valence-corrected chi connectivity index (χ4v) is 3.47. The van der Waals surface area contributed by atoms with Crippen molar-refractivity contribution >= 4 is 11.8 Å². The Bertz CT molecular complexity index is 1230. The molecule has 9 nitrogen and oxygen atoms in total. The zero-order valence-electron chi connectivity index (χ0n) is 16.7. The molecule has 1 atom stereocenters. The number of hydrogen-bond acceptors (Lipinski definition) is 6. The third kappa shape index (κ3) is 4.08. The van der Waals surface area contributed by atoms with Crippen LogP contribution in [0.3, 0.4) is 0 Å². The van der Waals surface area contributed by atoms with E-state index >= 15 is 0 Å². The van der Waals surface area contributed by atoms with E-state index in [4.69, 9.17) is 0 Å². The van der Waals surface area contributed by atoms with Crippen LogP contribution < -0.4 is 10.7 Å². The smallest absolute Gasteiger partial charge is 0.276 e. The molecule has 0 bridgehead atoms. The number of nitrogens with one attached hydrogen (secondary N) is 1. The van der Waals surface area contributed by atoms with E-state index in [9.17, 15) is 29.0 Å². The third-order valence-electron chi connectivity index (χ3n) is 5.13. The minimum absolute atomic E-state index is 0.0291. The summed E-state index contributed by atoms with van der Waals surface area (Å²) < 4.78 is 14.2. The molecule has 1 aromatic carbocycles. The van der Waals surface area contributed by atoms with Gasteiger partial charge in [-0.05, 0) is 29.3 Å². The predicted molar refractivity (Wildman–Crippen MR) is 110 cm³/mol. The Kier molecular flexibility index (Phi) is 5.69. The highest BCUT2D eigenvalue weighted by Crippen LogP contribution is 2.24. The van der Waals surface area contributed by atoms with Gasteiger partial charge in [-0.1, -0.05) is 18.2 Å². The number of benzene rings is 1. The van der Waals surface area contributed by atoms with Crippen LogP contribution in [0.15, 0.2) is 59.8 Å². The topological polar surface area (TPSA) is 125 Å². The highest BCUT2D eigenvalue weighted by atomic mass is 19.1. The first-order valence-corrected chi connectivity index (χ1v) is 9.72. The predicted octanol–water partition coefficient (Wildman–Crippen LogP) is 0.992. The van der Waals surface area contributed by atoms with Crippen LogP contribution in [0, 0.1) is 5.82 Å². The molecule has 0 spiro atoms. The van der Waals surface area contributed by atoms with Crippen LogP contribution in [0.5, 0.6) is 5.75 Å². The van der Waals surface area contributed by atoms with Gasteiger partial charge in [0, 0.05) is 25.1 Å². The lowest BCUT2D eigenvalue weighted by atomic mass is 10.1. The SMILES string of the molecule is O=C(NCc1ccc(F)cc1)c1cn2c(c(O)c1=O)C(=O)N(Cc1cccnc1)C(O)C2. The van der Waals surface area contributed by atoms with Crippen LogP contribution in [0.1, 0.15) is 32.0 Å². The molecule has 0 radical (unpaired) electrons. The van der Waals surface area contributed by atoms with Crippen molar-refractivity contribution < 1.29 is 24.2 Å². The van der Waals surface area contributed by atoms with Crippen molar-refractivity contribution in [3.63, 3.8) is 0 Å². The summed E-state index contributed by atoms with van der Waals surface area (Å²) in [6.07, 6.45) is 3.00. The first-order valence-electron chi connectivity index (χ1n) is 9.72. The average molecular weight is 438 g/mol. The molecule has 1 aliphatic rings. The van der Waals surface area contributed by atoms with E-state index < -0.39 is 35.0 Å². The van der Waals surface area contributed by atoms with Crippen LogP contribution >= 0.6 is 0 Å². The molecule has 3 N–H and O–H groups in total. The molecule has 164 valence electrons. The van der Waals surface area contributed by atoms with Crippen LogP contribution in [-0.4, -0.2) is 42.7 Å². The van der Waals surface area contributed by atoms with Crippen molar-refractivity contribution in [2.45, 2.75) is 25.9 Å². The number of hydrogen-bond donors (Lipinski definition) is 3. The summed E-state index contributed by atoms with van der Waals surface area (Å²) in [6.45, 7) is -0.0870. The maximum absolute atomic E-state index is 13.0. The monoisotopic (exact) mass is 438 g/mol. The van der Waals surface area contributed by atoms with Crippen molar-refractivity contribution in [3.05, 3.63) is 93.4 Å². The zero-order chi connectivity index (χ0) is 22.8. The second kappa shape index (κ2) is 8.60. The minimum atomic E-state index is -1.24. The number of halogens is 1. The number of amides is 2. The molecule has 0 fully saturated rings. The van der Waals surface area contributed by atoms with Crippen LogP contribution in [0.25, 0.3) is 0 Å². The number of aliphatic hydroxyl groups is 1. The van der Waals surface area contributed by atoms with Crippen LogP contribution in [-0.2, 0) is 19.6 Å². The van der Waals surface area contributed by atoms with Gasteiger partial charge in [0.05, 0.1) is 13.1 Å². The molecule has 1 aliphatic heterocycles. The fraction of sp³-hybridized carbons (Fsp3) is 0.182. The number of aliphatic hydroxyl groups excluding tert-OH is 1. The quantitative estimate of drug-likeness (QED) is 0.546. The number of carbonyl (C=O) groups is 2. The number of aromatic hydroxyl groups is 1. The molecule has 2 amide bonds. The number of aromatic nitrogens is 2. The lowest BCUT2D eigenvalue weighted by Crippen LogP contribution is -2.48. The lowest BCUT2D eigenvalue weighted by molar-refractivity contribution is -0.0163. The van der Waals surface area contributed by atoms with Gasteiger partial charge in [-0.25, -0.2) is 4.39 Å². The zero-order valence-corrected chi connectivity index (χ0v) is 16.7. The molecular formula is C22H19FN4O5. The maximum Gasteiger partial charge on any atom is 0.276 e. The second-order valence-corrected chi connectivity index (χ2v) is 7.31. The van der Waals surface area contributed by atoms with Gasteiger partial charge in [0.2, 0.25) is 5.43 Å². The molecular weight excluding hydrogens is 419 g/mol. The van der Waals surface area contributed by atoms with Crippen molar-refractivity contribution in [1.82, 2.24) is 19.8 Å². The summed E-state index contributed by atoms with van der Waals surface area (Å²) in [4.78, 5) is 43.1. The van der Waals surface area contributed by atoms with Gasteiger partial charge in [-0.15, -0.1) is 0 Å². The summed E-state index contributed by atoms with van der Waals surface area (Å²) in [5.74, 6) is -2.81. The maximum atomic E-state index is 13.0. The van der Waals surface area contributed by atoms with Crippen LogP contribution in [0.2, 0.25) is 0 Å². The van der Waals surface area contributed by atoms with Gasteiger partial charge in [-0.3, -0.25) is 19.4 Å². The summed E-state index contributed by atoms with van der Waals surface area (Å²) in [5.41, 5.74) is -0.419. The first-order chi connectivity index (χ1) is 15.3. The van der Waals surface area contributed by atoms with Gasteiger partial charge in [0.1, 0.15) is 17.6 Å². The fourth-order valence-electron chi connectivity index (χ4n) is 3.47. The normalized spacial score (nSPS) is 15.4. The molecule has 32 heavy (non-hydrogen) atoms. The Labute approximate surface area is 181 Å². The van der Waals surface area contributed by atoms with Crippen LogP contribution in [0.4, 0.5) is 4.39 Å². The molecule has 2 aromatic heterocycles. The summed E-state index contributed by atoms with van der Waals surface area (Å²) >= 11 is 0. The molecule has 0 saturated heterocycles. The minimum Gasteiger partial charge on any atom is -0.503 e. The van der Waals surface area contributed by atoms with E-state index in [1.165, 1.54) is 35.0 Å². The molecule has 0 saturated carbocycles. The first kappa shape index (κ1) is 21.2. The Hall–Kier alpha value is -4.05. The number of fused-ring (bicyclic) bond motifs is 1. The highest BCUT2D eigenvalue weighted by molar-refractivity contribution is 5.99. The van der Waals surface area contributed by atoms with E-state index in [0.29, 0.717) is 11.1 Å². The van der Waals surface area contributed by atoms with Gasteiger partial charge in [0.15, 0.2) is 11.4 Å². The van der Waals surface area contributed by atoms with Gasteiger partial charge < -0.3 is 25.0 Å². The number of rotatable bonds is 5. The highest BCUT2D eigenvalue weighted by Gasteiger charge is 2.35. The Morgan fingerprint density at radius 2 is 1.94 bits per heavy atom. The second-order valence-electron chi connectivity index (χ2n) is 7.31. The van der Waals surface area contributed by atoms with Gasteiger partial charge in [0.25, 0.3) is 11.8 Å². The van der Waals surface area contributed by atoms with E-state index in [2.05, 4.69) is 10.3 Å². The van der Waals surface area contributed by atoms with E-state index in [1.807, 2.05) is 0 Å². The molecule has 3 aromatic rings. The van der Waals surface area contributed by atoms with E-state index in [-0.39, 0.29) is 30.9 Å². The van der Waals surface area contributed by atoms with Crippen molar-refractivity contribution in [1.29, 1.82) is 0 Å². The Morgan fingerprint density at radius 1 is 1.19 bits per heavy atom. The Morgan fingerprint density at radius 3 is 2.62 bits per heavy atom. The largest absolute Gasteiger partial charge is 0.503 e. The average Bonchev–Trinajstić information content (AvgIpc) is 2.79. The standard InChI is InChI=1S/C22H19FN4O5/c23-15-5-3-13(4-6-15)9-25-21(31)16-11-26-12-17(28)27(10-14-2-1-7-24-8-14)22(32)18(26)20(30)19(16)29/h1-8,11,17,28,30H,9-10,12H2,(H,25,31). The summed E-state index contributed by atoms with van der Waals surface area (Å²) in [5, 5.41) is 23.4. The molecule has 4 rings (SSSR count). The summed E-state index contributed by atoms with van der Waals surface area (Å²) in [6, 6.07) is 8.86. The Balaban J connectivity index is 1.59. The molecule has 0 aliphatic carbocycles. The molecule has 1 unspecified atom stereocenters. The van der Waals surface area contributed by atoms with Gasteiger partial charge in [-0.2, -0.15) is 0 Å². The molecule has 10 heteroatoms. The van der Waals surface area contributed by atoms with E-state index in [0.717, 1.165) is 11.1 Å². The van der Waals surface area contributed by atoms with Crippen molar-refractivity contribution in [2.75, 3.05) is 0 Å². The number of nitrogens with zero attached hydrogens (tertiary/aromatic N) is 3. The van der Waals surface area contributed by atoms with Gasteiger partial charge >= 0.3 is 0 Å². The third-order valence-corrected chi connectivity index (χ3v) is 5.13. The summed E-state index contributed by atoms with van der Waals surface area (Å²) in [7, 11) is 0. The van der Waals surface area contributed by atoms with Crippen molar-refractivity contribution in [3.8, 4) is 5.75 Å². The number of carbonyl (C=O) groups excluding carboxylic acids is 2. The number of pyridine rings is 2. The van der Waals surface area contributed by atoms with E-state index in [1.54, 1.807) is 18.3 Å². The van der Waals surface area contributed by atoms with Crippen molar-refractivity contribution in [2.24, 2.45) is 0 Å². The lowest BCUT2D eigenvalue weighted by Gasteiger charge is -2.34. The molecule has 3 heterocycles.